The maximum absolute atomic E-state index is 11.6. The SMILES string of the molecule is NCCCCCCN1C(=S)N[C@H]2CS(=O)(=O)C[C@H]21. The Labute approximate surface area is 114 Å². The van der Waals surface area contributed by atoms with Gasteiger partial charge in [0.2, 0.25) is 0 Å². The first-order valence-electron chi connectivity index (χ1n) is 6.51. The Bertz CT molecular complexity index is 411. The molecule has 2 fully saturated rings. The quantitative estimate of drug-likeness (QED) is 0.524. The number of hydrogen-bond acceptors (Lipinski definition) is 4. The average molecular weight is 291 g/mol. The van der Waals surface area contributed by atoms with E-state index in [1.165, 1.54) is 0 Å². The van der Waals surface area contributed by atoms with Crippen LogP contribution in [0.3, 0.4) is 0 Å². The number of nitrogens with two attached hydrogens (primary N) is 1. The lowest BCUT2D eigenvalue weighted by Crippen LogP contribution is -2.37. The zero-order valence-electron chi connectivity index (χ0n) is 10.5. The van der Waals surface area contributed by atoms with E-state index in [1.807, 2.05) is 0 Å². The van der Waals surface area contributed by atoms with E-state index >= 15 is 0 Å². The summed E-state index contributed by atoms with van der Waals surface area (Å²) in [6.07, 6.45) is 4.37. The number of nitrogens with one attached hydrogen (secondary N) is 1. The predicted molar refractivity (Wildman–Crippen MR) is 76.2 cm³/mol. The molecule has 5 nitrogen and oxygen atoms in total. The Morgan fingerprint density at radius 1 is 1.28 bits per heavy atom. The van der Waals surface area contributed by atoms with Crippen LogP contribution >= 0.6 is 12.2 Å². The summed E-state index contributed by atoms with van der Waals surface area (Å²) >= 11 is 5.27. The van der Waals surface area contributed by atoms with Gasteiger partial charge in [-0.3, -0.25) is 0 Å². The molecule has 0 bridgehead atoms. The highest BCUT2D eigenvalue weighted by Crippen LogP contribution is 2.24. The molecule has 0 amide bonds. The fourth-order valence-electron chi connectivity index (χ4n) is 2.71. The van der Waals surface area contributed by atoms with Crippen molar-refractivity contribution in [3.05, 3.63) is 0 Å². The van der Waals surface area contributed by atoms with E-state index < -0.39 is 9.84 Å². The standard InChI is InChI=1S/C11H21N3O2S2/c12-5-3-1-2-4-6-14-10-8-18(15,16)7-9(10)13-11(14)17/h9-10H,1-8,12H2,(H,13,17)/t9-,10+/m0/s1. The smallest absolute Gasteiger partial charge is 0.169 e. The third-order valence-electron chi connectivity index (χ3n) is 3.65. The average Bonchev–Trinajstić information content (AvgIpc) is 2.71. The van der Waals surface area contributed by atoms with E-state index in [2.05, 4.69) is 10.2 Å². The second-order valence-corrected chi connectivity index (χ2v) is 7.64. The van der Waals surface area contributed by atoms with Gasteiger partial charge >= 0.3 is 0 Å². The van der Waals surface area contributed by atoms with Crippen LogP contribution in [0.25, 0.3) is 0 Å². The third-order valence-corrected chi connectivity index (χ3v) is 5.71. The molecule has 3 N–H and O–H groups in total. The Morgan fingerprint density at radius 2 is 2.00 bits per heavy atom. The highest BCUT2D eigenvalue weighted by Gasteiger charge is 2.46. The number of hydrogen-bond donors (Lipinski definition) is 2. The number of unbranched alkanes of at least 4 members (excludes halogenated alkanes) is 3. The minimum Gasteiger partial charge on any atom is -0.357 e. The molecule has 2 aliphatic heterocycles. The van der Waals surface area contributed by atoms with E-state index in [0.717, 1.165) is 43.9 Å². The van der Waals surface area contributed by atoms with Gasteiger partial charge < -0.3 is 16.0 Å². The summed E-state index contributed by atoms with van der Waals surface area (Å²) in [6, 6.07) is 0.0588. The van der Waals surface area contributed by atoms with Crippen molar-refractivity contribution in [3.63, 3.8) is 0 Å². The van der Waals surface area contributed by atoms with Crippen molar-refractivity contribution < 1.29 is 8.42 Å². The maximum atomic E-state index is 11.6. The van der Waals surface area contributed by atoms with Gasteiger partial charge in [-0.05, 0) is 31.6 Å². The van der Waals surface area contributed by atoms with Crippen LogP contribution < -0.4 is 11.1 Å². The van der Waals surface area contributed by atoms with Gasteiger partial charge in [0.15, 0.2) is 14.9 Å². The number of fused-ring (bicyclic) bond motifs is 1. The third kappa shape index (κ3) is 3.13. The van der Waals surface area contributed by atoms with Crippen molar-refractivity contribution in [1.29, 1.82) is 0 Å². The fraction of sp³-hybridized carbons (Fsp3) is 0.909. The summed E-state index contributed by atoms with van der Waals surface area (Å²) < 4.78 is 23.2. The molecule has 2 saturated heterocycles. The topological polar surface area (TPSA) is 75.4 Å². The highest BCUT2D eigenvalue weighted by atomic mass is 32.2. The minimum absolute atomic E-state index is 0.00606. The molecule has 2 aliphatic rings. The Balaban J connectivity index is 1.82. The molecule has 2 heterocycles. The lowest BCUT2D eigenvalue weighted by Gasteiger charge is -2.23. The summed E-state index contributed by atoms with van der Waals surface area (Å²) in [5.74, 6) is 0.467. The van der Waals surface area contributed by atoms with Gasteiger partial charge in [0.1, 0.15) is 0 Å². The Hall–Kier alpha value is -0.400. The van der Waals surface area contributed by atoms with Gasteiger partial charge in [-0.2, -0.15) is 0 Å². The van der Waals surface area contributed by atoms with Gasteiger partial charge in [0.25, 0.3) is 0 Å². The zero-order valence-corrected chi connectivity index (χ0v) is 12.1. The molecule has 2 rings (SSSR count). The second-order valence-electron chi connectivity index (χ2n) is 5.10. The molecule has 0 aromatic heterocycles. The van der Waals surface area contributed by atoms with Crippen LogP contribution in [0.5, 0.6) is 0 Å². The van der Waals surface area contributed by atoms with Crippen molar-refractivity contribution in [2.45, 2.75) is 37.8 Å². The monoisotopic (exact) mass is 291 g/mol. The van der Waals surface area contributed by atoms with E-state index in [0.29, 0.717) is 0 Å². The largest absolute Gasteiger partial charge is 0.357 e. The molecule has 7 heteroatoms. The van der Waals surface area contributed by atoms with Crippen molar-refractivity contribution in [1.82, 2.24) is 10.2 Å². The second kappa shape index (κ2) is 5.71. The van der Waals surface area contributed by atoms with Crippen LogP contribution in [0.15, 0.2) is 0 Å². The van der Waals surface area contributed by atoms with Crippen LogP contribution in [0.1, 0.15) is 25.7 Å². The molecule has 104 valence electrons. The maximum Gasteiger partial charge on any atom is 0.169 e. The van der Waals surface area contributed by atoms with Crippen LogP contribution in [0.4, 0.5) is 0 Å². The molecule has 0 saturated carbocycles. The van der Waals surface area contributed by atoms with E-state index in [4.69, 9.17) is 18.0 Å². The number of nitrogens with zero attached hydrogens (tertiary/aromatic N) is 1. The molecule has 18 heavy (non-hydrogen) atoms. The molecular weight excluding hydrogens is 270 g/mol. The predicted octanol–water partition coefficient (Wildman–Crippen LogP) is -0.139. The normalized spacial score (nSPS) is 29.4. The fourth-order valence-corrected chi connectivity index (χ4v) is 5.01. The van der Waals surface area contributed by atoms with Crippen molar-refractivity contribution >= 4 is 27.2 Å². The summed E-state index contributed by atoms with van der Waals surface area (Å²) in [6.45, 7) is 1.60. The number of thiocarbonyl (C=S) groups is 1. The summed E-state index contributed by atoms with van der Waals surface area (Å²) in [4.78, 5) is 2.06. The molecule has 2 atom stereocenters. The molecular formula is C11H21N3O2S2. The van der Waals surface area contributed by atoms with Crippen LogP contribution in [-0.2, 0) is 9.84 Å². The molecule has 0 radical (unpaired) electrons. The molecule has 0 aromatic carbocycles. The van der Waals surface area contributed by atoms with Crippen molar-refractivity contribution in [3.8, 4) is 0 Å². The lowest BCUT2D eigenvalue weighted by molar-refractivity contribution is 0.345. The van der Waals surface area contributed by atoms with E-state index in [1.54, 1.807) is 0 Å². The van der Waals surface area contributed by atoms with Gasteiger partial charge in [-0.1, -0.05) is 12.8 Å². The first kappa shape index (κ1) is 14.0. The van der Waals surface area contributed by atoms with Crippen molar-refractivity contribution in [2.75, 3.05) is 24.6 Å². The molecule has 0 aliphatic carbocycles. The first-order chi connectivity index (χ1) is 8.53. The molecule has 0 spiro atoms. The van der Waals surface area contributed by atoms with E-state index in [-0.39, 0.29) is 23.6 Å². The van der Waals surface area contributed by atoms with Gasteiger partial charge in [0.05, 0.1) is 23.6 Å². The number of rotatable bonds is 6. The highest BCUT2D eigenvalue weighted by molar-refractivity contribution is 7.91. The molecule has 0 aromatic rings. The van der Waals surface area contributed by atoms with Gasteiger partial charge in [0, 0.05) is 6.54 Å². The van der Waals surface area contributed by atoms with Crippen LogP contribution in [0.2, 0.25) is 0 Å². The Kier molecular flexibility index (Phi) is 4.45. The zero-order chi connectivity index (χ0) is 13.2. The van der Waals surface area contributed by atoms with E-state index in [9.17, 15) is 8.42 Å². The summed E-state index contributed by atoms with van der Waals surface area (Å²) in [5.41, 5.74) is 5.45. The summed E-state index contributed by atoms with van der Waals surface area (Å²) in [7, 11) is -2.88. The van der Waals surface area contributed by atoms with Crippen LogP contribution in [-0.4, -0.2) is 55.1 Å². The van der Waals surface area contributed by atoms with Crippen LogP contribution in [0, 0.1) is 0 Å². The van der Waals surface area contributed by atoms with Gasteiger partial charge in [-0.25, -0.2) is 8.42 Å². The number of sulfone groups is 1. The van der Waals surface area contributed by atoms with Gasteiger partial charge in [-0.15, -0.1) is 0 Å². The first-order valence-corrected chi connectivity index (χ1v) is 8.74. The minimum atomic E-state index is -2.88. The molecule has 0 unspecified atom stereocenters. The lowest BCUT2D eigenvalue weighted by atomic mass is 10.1. The summed E-state index contributed by atoms with van der Waals surface area (Å²) in [5, 5.41) is 3.85. The van der Waals surface area contributed by atoms with Crippen molar-refractivity contribution in [2.24, 2.45) is 5.73 Å². The Morgan fingerprint density at radius 3 is 2.72 bits per heavy atom.